The number of nitrogens with zero attached hydrogens (tertiary/aromatic N) is 2. The molecule has 28 heavy (non-hydrogen) atoms. The van der Waals surface area contributed by atoms with E-state index in [2.05, 4.69) is 10.2 Å². The van der Waals surface area contributed by atoms with Crippen molar-refractivity contribution in [3.05, 3.63) is 0 Å². The normalized spacial score (nSPS) is 27.6. The fraction of sp³-hybridized carbons (Fsp3) is 0.857. The van der Waals surface area contributed by atoms with Crippen LogP contribution in [0.25, 0.3) is 0 Å². The molecule has 3 rings (SSSR count). The molecule has 2 saturated carbocycles. The number of likely N-dealkylation sites (tertiary alicyclic amines) is 1. The maximum Gasteiger partial charge on any atom is 0.317 e. The Hall–Kier alpha value is -1.63. The first-order valence-corrected chi connectivity index (χ1v) is 10.7. The summed E-state index contributed by atoms with van der Waals surface area (Å²) in [6, 6.07) is -0.0205. The van der Waals surface area contributed by atoms with Crippen LogP contribution in [0.2, 0.25) is 0 Å². The number of carboxylic acids is 1. The highest BCUT2D eigenvalue weighted by Gasteiger charge is 2.40. The van der Waals surface area contributed by atoms with E-state index < -0.39 is 5.97 Å². The van der Waals surface area contributed by atoms with Gasteiger partial charge in [-0.25, -0.2) is 0 Å². The monoisotopic (exact) mass is 393 g/mol. The van der Waals surface area contributed by atoms with Gasteiger partial charge in [0.15, 0.2) is 0 Å². The molecule has 0 aromatic rings. The van der Waals surface area contributed by atoms with Gasteiger partial charge in [-0.2, -0.15) is 0 Å². The molecule has 2 amide bonds. The van der Waals surface area contributed by atoms with Crippen LogP contribution < -0.4 is 5.32 Å². The maximum atomic E-state index is 12.8. The van der Waals surface area contributed by atoms with E-state index in [1.807, 2.05) is 20.8 Å². The summed E-state index contributed by atoms with van der Waals surface area (Å²) in [7, 11) is 0. The van der Waals surface area contributed by atoms with E-state index in [1.54, 1.807) is 4.90 Å². The molecule has 2 N–H and O–H groups in total. The van der Waals surface area contributed by atoms with Crippen molar-refractivity contribution >= 4 is 17.8 Å². The fourth-order valence-corrected chi connectivity index (χ4v) is 4.34. The van der Waals surface area contributed by atoms with Crippen LogP contribution in [0, 0.1) is 11.3 Å². The van der Waals surface area contributed by atoms with Gasteiger partial charge in [0.05, 0.1) is 6.54 Å². The summed E-state index contributed by atoms with van der Waals surface area (Å²) in [5.74, 6) is -0.121. The van der Waals surface area contributed by atoms with Crippen LogP contribution in [-0.2, 0) is 14.4 Å². The van der Waals surface area contributed by atoms with Crippen molar-refractivity contribution in [3.63, 3.8) is 0 Å². The van der Waals surface area contributed by atoms with Crippen molar-refractivity contribution in [3.8, 4) is 0 Å². The second kappa shape index (κ2) is 8.39. The zero-order valence-corrected chi connectivity index (χ0v) is 17.4. The molecular weight excluding hydrogens is 358 g/mol. The first-order chi connectivity index (χ1) is 13.1. The molecule has 158 valence electrons. The minimum absolute atomic E-state index is 0.0461. The summed E-state index contributed by atoms with van der Waals surface area (Å²) in [5.41, 5.74) is -0.0863. The average molecular weight is 394 g/mol. The van der Waals surface area contributed by atoms with Crippen molar-refractivity contribution in [1.29, 1.82) is 0 Å². The predicted molar refractivity (Wildman–Crippen MR) is 106 cm³/mol. The van der Waals surface area contributed by atoms with Crippen molar-refractivity contribution < 1.29 is 19.5 Å². The Labute approximate surface area is 167 Å². The Kier molecular flexibility index (Phi) is 6.32. The van der Waals surface area contributed by atoms with E-state index in [4.69, 9.17) is 5.11 Å². The molecule has 7 heteroatoms. The van der Waals surface area contributed by atoms with Crippen molar-refractivity contribution in [2.45, 2.75) is 83.8 Å². The van der Waals surface area contributed by atoms with Crippen LogP contribution in [0.1, 0.15) is 65.7 Å². The second-order valence-corrected chi connectivity index (χ2v) is 10.1. The Balaban J connectivity index is 1.47. The first kappa shape index (κ1) is 21.1. The van der Waals surface area contributed by atoms with Gasteiger partial charge in [0.2, 0.25) is 11.8 Å². The third kappa shape index (κ3) is 5.69. The molecule has 0 aromatic heterocycles. The molecule has 1 unspecified atom stereocenters. The number of carbonyl (C=O) groups is 3. The number of nitrogens with one attached hydrogen (secondary N) is 1. The molecule has 1 heterocycles. The number of carboxylic acid groups (broad SMARTS) is 1. The van der Waals surface area contributed by atoms with Crippen molar-refractivity contribution in [2.75, 3.05) is 19.6 Å². The molecule has 2 aliphatic carbocycles. The third-order valence-electron chi connectivity index (χ3n) is 6.06. The lowest BCUT2D eigenvalue weighted by Crippen LogP contribution is -2.58. The minimum Gasteiger partial charge on any atom is -0.480 e. The largest absolute Gasteiger partial charge is 0.480 e. The highest BCUT2D eigenvalue weighted by molar-refractivity contribution is 5.88. The highest BCUT2D eigenvalue weighted by Crippen LogP contribution is 2.34. The summed E-state index contributed by atoms with van der Waals surface area (Å²) in [6.45, 7) is 7.71. The number of hydrogen-bond donors (Lipinski definition) is 2. The second-order valence-electron chi connectivity index (χ2n) is 10.1. The van der Waals surface area contributed by atoms with Gasteiger partial charge in [0.25, 0.3) is 0 Å². The number of rotatable bonds is 8. The van der Waals surface area contributed by atoms with Crippen LogP contribution in [-0.4, -0.2) is 70.4 Å². The van der Waals surface area contributed by atoms with E-state index in [0.29, 0.717) is 18.9 Å². The first-order valence-electron chi connectivity index (χ1n) is 10.7. The topological polar surface area (TPSA) is 90.0 Å². The Bertz CT molecular complexity index is 605. The molecule has 0 spiro atoms. The lowest BCUT2D eigenvalue weighted by atomic mass is 9.85. The maximum absolute atomic E-state index is 12.8. The highest BCUT2D eigenvalue weighted by atomic mass is 16.4. The number of carbonyl (C=O) groups excluding carboxylic acids is 2. The SMILES string of the molecule is CC(C)(C)CC(=O)N1CCCC1C(=O)NC1CC(N(CC(=O)O)CC2CC2)C1. The number of amides is 2. The van der Waals surface area contributed by atoms with Crippen LogP contribution in [0.4, 0.5) is 0 Å². The summed E-state index contributed by atoms with van der Waals surface area (Å²) in [4.78, 5) is 40.3. The summed E-state index contributed by atoms with van der Waals surface area (Å²) in [6.07, 6.45) is 6.04. The van der Waals surface area contributed by atoms with Crippen LogP contribution >= 0.6 is 0 Å². The van der Waals surface area contributed by atoms with Crippen molar-refractivity contribution in [1.82, 2.24) is 15.1 Å². The smallest absolute Gasteiger partial charge is 0.317 e. The fourth-order valence-electron chi connectivity index (χ4n) is 4.34. The standard InChI is InChI=1S/C21H35N3O4/c1-21(2,3)11-18(25)24-8-4-5-17(24)20(28)22-15-9-16(10-15)23(13-19(26)27)12-14-6-7-14/h14-17H,4-13H2,1-3H3,(H,22,28)(H,26,27). The number of hydrogen-bond acceptors (Lipinski definition) is 4. The van der Waals surface area contributed by atoms with E-state index >= 15 is 0 Å². The molecule has 3 aliphatic rings. The Morgan fingerprint density at radius 3 is 2.39 bits per heavy atom. The van der Waals surface area contributed by atoms with Gasteiger partial charge in [-0.3, -0.25) is 19.3 Å². The van der Waals surface area contributed by atoms with Gasteiger partial charge in [-0.1, -0.05) is 20.8 Å². The Morgan fingerprint density at radius 2 is 1.82 bits per heavy atom. The lowest BCUT2D eigenvalue weighted by molar-refractivity contribution is -0.141. The molecule has 7 nitrogen and oxygen atoms in total. The van der Waals surface area contributed by atoms with Gasteiger partial charge < -0.3 is 15.3 Å². The van der Waals surface area contributed by atoms with Gasteiger partial charge in [-0.05, 0) is 49.9 Å². The van der Waals surface area contributed by atoms with Crippen molar-refractivity contribution in [2.24, 2.45) is 11.3 Å². The van der Waals surface area contributed by atoms with Crippen LogP contribution in [0.5, 0.6) is 0 Å². The molecule has 1 saturated heterocycles. The zero-order valence-electron chi connectivity index (χ0n) is 17.4. The zero-order chi connectivity index (χ0) is 20.5. The van der Waals surface area contributed by atoms with Crippen LogP contribution in [0.15, 0.2) is 0 Å². The number of aliphatic carboxylic acids is 1. The molecular formula is C21H35N3O4. The minimum atomic E-state index is -0.785. The molecule has 0 radical (unpaired) electrons. The van der Waals surface area contributed by atoms with E-state index in [0.717, 1.165) is 32.2 Å². The van der Waals surface area contributed by atoms with E-state index in [-0.39, 0.29) is 41.9 Å². The molecule has 0 bridgehead atoms. The van der Waals surface area contributed by atoms with Gasteiger partial charge in [0, 0.05) is 31.6 Å². The lowest BCUT2D eigenvalue weighted by Gasteiger charge is -2.43. The summed E-state index contributed by atoms with van der Waals surface area (Å²) < 4.78 is 0. The third-order valence-corrected chi connectivity index (χ3v) is 6.06. The van der Waals surface area contributed by atoms with Gasteiger partial charge in [-0.15, -0.1) is 0 Å². The predicted octanol–water partition coefficient (Wildman–Crippen LogP) is 1.86. The van der Waals surface area contributed by atoms with E-state index in [9.17, 15) is 14.4 Å². The van der Waals surface area contributed by atoms with Gasteiger partial charge in [0.1, 0.15) is 6.04 Å². The molecule has 1 aliphatic heterocycles. The molecule has 1 atom stereocenters. The van der Waals surface area contributed by atoms with Gasteiger partial charge >= 0.3 is 5.97 Å². The summed E-state index contributed by atoms with van der Waals surface area (Å²) >= 11 is 0. The van der Waals surface area contributed by atoms with E-state index in [1.165, 1.54) is 12.8 Å². The summed E-state index contributed by atoms with van der Waals surface area (Å²) in [5, 5.41) is 12.3. The molecule has 0 aromatic carbocycles. The van der Waals surface area contributed by atoms with Crippen LogP contribution in [0.3, 0.4) is 0 Å². The average Bonchev–Trinajstić information content (AvgIpc) is 3.19. The Morgan fingerprint density at radius 1 is 1.14 bits per heavy atom. The molecule has 3 fully saturated rings. The quantitative estimate of drug-likeness (QED) is 0.657.